The van der Waals surface area contributed by atoms with Crippen LogP contribution in [0.4, 0.5) is 0 Å². The molecular weight excluding hydrogens is 220 g/mol. The molecule has 18 heavy (non-hydrogen) atoms. The Labute approximate surface area is 112 Å². The Morgan fingerprint density at radius 2 is 1.94 bits per heavy atom. The van der Waals surface area contributed by atoms with Crippen molar-refractivity contribution in [3.05, 3.63) is 29.6 Å². The van der Waals surface area contributed by atoms with Crippen LogP contribution in [-0.4, -0.2) is 11.5 Å². The van der Waals surface area contributed by atoms with Gasteiger partial charge in [0.05, 0.1) is 0 Å². The summed E-state index contributed by atoms with van der Waals surface area (Å²) in [6.07, 6.45) is 9.84. The van der Waals surface area contributed by atoms with Crippen molar-refractivity contribution in [2.45, 2.75) is 65.3 Å². The van der Waals surface area contributed by atoms with Crippen molar-refractivity contribution in [2.24, 2.45) is 0 Å². The summed E-state index contributed by atoms with van der Waals surface area (Å²) in [4.78, 5) is 4.40. The van der Waals surface area contributed by atoms with Crippen LogP contribution in [0.1, 0.15) is 69.7 Å². The van der Waals surface area contributed by atoms with Crippen molar-refractivity contribution >= 4 is 0 Å². The lowest BCUT2D eigenvalue weighted by Crippen LogP contribution is -2.22. The largest absolute Gasteiger partial charge is 0.310 e. The average molecular weight is 248 g/mol. The Morgan fingerprint density at radius 1 is 1.17 bits per heavy atom. The second-order valence-corrected chi connectivity index (χ2v) is 4.99. The molecule has 1 aromatic heterocycles. The molecule has 102 valence electrons. The SMILES string of the molecule is CCCCCCCC(NCC)c1cccnc1C. The van der Waals surface area contributed by atoms with E-state index in [1.54, 1.807) is 0 Å². The van der Waals surface area contributed by atoms with Crippen LogP contribution in [0.2, 0.25) is 0 Å². The van der Waals surface area contributed by atoms with Crippen LogP contribution < -0.4 is 5.32 Å². The van der Waals surface area contributed by atoms with Gasteiger partial charge in [0.2, 0.25) is 0 Å². The molecule has 0 aliphatic rings. The van der Waals surface area contributed by atoms with Crippen LogP contribution in [0, 0.1) is 6.92 Å². The molecule has 0 aromatic carbocycles. The highest BCUT2D eigenvalue weighted by Crippen LogP contribution is 2.22. The normalized spacial score (nSPS) is 12.6. The van der Waals surface area contributed by atoms with Crippen LogP contribution in [0.15, 0.2) is 18.3 Å². The molecule has 0 saturated heterocycles. The molecule has 0 aliphatic carbocycles. The third-order valence-corrected chi connectivity index (χ3v) is 3.47. The molecule has 0 spiro atoms. The van der Waals surface area contributed by atoms with Gasteiger partial charge in [-0.1, -0.05) is 52.0 Å². The number of hydrogen-bond acceptors (Lipinski definition) is 2. The van der Waals surface area contributed by atoms with Gasteiger partial charge in [-0.2, -0.15) is 0 Å². The quantitative estimate of drug-likeness (QED) is 0.655. The fraction of sp³-hybridized carbons (Fsp3) is 0.688. The summed E-state index contributed by atoms with van der Waals surface area (Å²) in [5.74, 6) is 0. The van der Waals surface area contributed by atoms with Crippen LogP contribution in [0.5, 0.6) is 0 Å². The molecule has 0 bridgehead atoms. The predicted octanol–water partition coefficient (Wildman–Crippen LogP) is 4.40. The van der Waals surface area contributed by atoms with Gasteiger partial charge < -0.3 is 5.32 Å². The van der Waals surface area contributed by atoms with Crippen LogP contribution in [0.3, 0.4) is 0 Å². The molecule has 2 heteroatoms. The Bertz CT molecular complexity index is 323. The van der Waals surface area contributed by atoms with E-state index < -0.39 is 0 Å². The first-order chi connectivity index (χ1) is 8.79. The van der Waals surface area contributed by atoms with Crippen LogP contribution >= 0.6 is 0 Å². The Morgan fingerprint density at radius 3 is 2.61 bits per heavy atom. The van der Waals surface area contributed by atoms with Crippen molar-refractivity contribution < 1.29 is 0 Å². The molecular formula is C16H28N2. The molecule has 0 aliphatic heterocycles. The predicted molar refractivity (Wildman–Crippen MR) is 78.8 cm³/mol. The van der Waals surface area contributed by atoms with Gasteiger partial charge in [0.15, 0.2) is 0 Å². The van der Waals surface area contributed by atoms with Gasteiger partial charge in [-0.15, -0.1) is 0 Å². The number of aromatic nitrogens is 1. The fourth-order valence-electron chi connectivity index (χ4n) is 2.43. The number of pyridine rings is 1. The van der Waals surface area contributed by atoms with Gasteiger partial charge in [0.1, 0.15) is 0 Å². The minimum absolute atomic E-state index is 0.477. The minimum atomic E-state index is 0.477. The summed E-state index contributed by atoms with van der Waals surface area (Å²) in [5.41, 5.74) is 2.53. The van der Waals surface area contributed by atoms with Gasteiger partial charge in [0, 0.05) is 17.9 Å². The number of nitrogens with one attached hydrogen (secondary N) is 1. The number of aryl methyl sites for hydroxylation is 1. The molecule has 2 nitrogen and oxygen atoms in total. The molecule has 1 atom stereocenters. The molecule has 0 saturated carbocycles. The number of nitrogens with zero attached hydrogens (tertiary/aromatic N) is 1. The molecule has 1 aromatic rings. The first kappa shape index (κ1) is 15.2. The van der Waals surface area contributed by atoms with Crippen molar-refractivity contribution in [2.75, 3.05) is 6.54 Å². The number of hydrogen-bond donors (Lipinski definition) is 1. The third-order valence-electron chi connectivity index (χ3n) is 3.47. The summed E-state index contributed by atoms with van der Waals surface area (Å²) in [6, 6.07) is 4.73. The van der Waals surface area contributed by atoms with Crippen molar-refractivity contribution in [3.63, 3.8) is 0 Å². The molecule has 0 fully saturated rings. The van der Waals surface area contributed by atoms with Crippen molar-refractivity contribution in [1.29, 1.82) is 0 Å². The third kappa shape index (κ3) is 5.18. The van der Waals surface area contributed by atoms with Gasteiger partial charge in [-0.25, -0.2) is 0 Å². The maximum Gasteiger partial charge on any atom is 0.0420 e. The van der Waals surface area contributed by atoms with E-state index in [1.807, 2.05) is 12.3 Å². The van der Waals surface area contributed by atoms with E-state index in [0.29, 0.717) is 6.04 Å². The second-order valence-electron chi connectivity index (χ2n) is 4.99. The summed E-state index contributed by atoms with van der Waals surface area (Å²) in [7, 11) is 0. The smallest absolute Gasteiger partial charge is 0.0420 e. The Balaban J connectivity index is 2.47. The van der Waals surface area contributed by atoms with Gasteiger partial charge in [-0.3, -0.25) is 4.98 Å². The summed E-state index contributed by atoms with van der Waals surface area (Å²) in [5, 5.41) is 3.59. The molecule has 1 N–H and O–H groups in total. The molecule has 0 amide bonds. The highest BCUT2D eigenvalue weighted by Gasteiger charge is 2.12. The van der Waals surface area contributed by atoms with Gasteiger partial charge >= 0.3 is 0 Å². The van der Waals surface area contributed by atoms with Crippen molar-refractivity contribution in [3.8, 4) is 0 Å². The zero-order chi connectivity index (χ0) is 13.2. The van der Waals surface area contributed by atoms with E-state index in [0.717, 1.165) is 12.2 Å². The van der Waals surface area contributed by atoms with E-state index in [2.05, 4.69) is 37.1 Å². The highest BCUT2D eigenvalue weighted by atomic mass is 14.9. The van der Waals surface area contributed by atoms with Crippen LogP contribution in [-0.2, 0) is 0 Å². The highest BCUT2D eigenvalue weighted by molar-refractivity contribution is 5.22. The zero-order valence-corrected chi connectivity index (χ0v) is 12.2. The molecule has 0 radical (unpaired) electrons. The lowest BCUT2D eigenvalue weighted by atomic mass is 9.99. The van der Waals surface area contributed by atoms with E-state index in [1.165, 1.54) is 44.1 Å². The van der Waals surface area contributed by atoms with Crippen molar-refractivity contribution in [1.82, 2.24) is 10.3 Å². The summed E-state index contributed by atoms with van der Waals surface area (Å²) in [6.45, 7) is 7.57. The number of rotatable bonds is 9. The first-order valence-corrected chi connectivity index (χ1v) is 7.44. The second kappa shape index (κ2) is 9.09. The zero-order valence-electron chi connectivity index (χ0n) is 12.2. The van der Waals surface area contributed by atoms with Gasteiger partial charge in [0.25, 0.3) is 0 Å². The average Bonchev–Trinajstić information content (AvgIpc) is 2.38. The molecule has 1 heterocycles. The summed E-state index contributed by atoms with van der Waals surface area (Å²) < 4.78 is 0. The Hall–Kier alpha value is -0.890. The summed E-state index contributed by atoms with van der Waals surface area (Å²) >= 11 is 0. The molecule has 1 unspecified atom stereocenters. The van der Waals surface area contributed by atoms with Gasteiger partial charge in [-0.05, 0) is 31.5 Å². The molecule has 1 rings (SSSR count). The fourth-order valence-corrected chi connectivity index (χ4v) is 2.43. The first-order valence-electron chi connectivity index (χ1n) is 7.44. The van der Waals surface area contributed by atoms with E-state index in [9.17, 15) is 0 Å². The monoisotopic (exact) mass is 248 g/mol. The van der Waals surface area contributed by atoms with E-state index in [-0.39, 0.29) is 0 Å². The topological polar surface area (TPSA) is 24.9 Å². The lowest BCUT2D eigenvalue weighted by molar-refractivity contribution is 0.476. The van der Waals surface area contributed by atoms with Crippen LogP contribution in [0.25, 0.3) is 0 Å². The minimum Gasteiger partial charge on any atom is -0.310 e. The Kier molecular flexibility index (Phi) is 7.66. The van der Waals surface area contributed by atoms with E-state index in [4.69, 9.17) is 0 Å². The standard InChI is InChI=1S/C16H28N2/c1-4-6-7-8-9-12-16(17-5-2)15-11-10-13-18-14(15)3/h10-11,13,16-17H,4-9,12H2,1-3H3. The maximum atomic E-state index is 4.40. The number of unbranched alkanes of at least 4 members (excludes halogenated alkanes) is 4. The lowest BCUT2D eigenvalue weighted by Gasteiger charge is -2.19. The van der Waals surface area contributed by atoms with E-state index >= 15 is 0 Å². The maximum absolute atomic E-state index is 4.40.